The van der Waals surface area contributed by atoms with Crippen molar-refractivity contribution in [1.82, 2.24) is 19.8 Å². The average Bonchev–Trinajstić information content (AvgIpc) is 3.44. The maximum atomic E-state index is 12.1. The molecule has 206 valence electrons. The van der Waals surface area contributed by atoms with Crippen molar-refractivity contribution >= 4 is 17.7 Å². The molecule has 1 aliphatic heterocycles. The Kier molecular flexibility index (Phi) is 10.8. The van der Waals surface area contributed by atoms with Gasteiger partial charge in [0.25, 0.3) is 0 Å². The van der Waals surface area contributed by atoms with Gasteiger partial charge in [-0.15, -0.1) is 13.2 Å². The third-order valence-electron chi connectivity index (χ3n) is 5.80. The van der Waals surface area contributed by atoms with Gasteiger partial charge in [0.05, 0.1) is 12.0 Å². The van der Waals surface area contributed by atoms with Crippen LogP contribution in [0, 0.1) is 0 Å². The highest BCUT2D eigenvalue weighted by molar-refractivity contribution is 5.84. The van der Waals surface area contributed by atoms with Gasteiger partial charge in [-0.05, 0) is 76.0 Å². The zero-order valence-corrected chi connectivity index (χ0v) is 21.3. The molecule has 1 aromatic carbocycles. The molecule has 1 atom stereocenters. The van der Waals surface area contributed by atoms with Crippen LogP contribution in [-0.2, 0) is 21.5 Å². The second kappa shape index (κ2) is 13.3. The van der Waals surface area contributed by atoms with Gasteiger partial charge in [-0.1, -0.05) is 25.5 Å². The first-order chi connectivity index (χ1) is 17.3. The number of carboxylic acids is 1. The third kappa shape index (κ3) is 10.7. The fourth-order valence-corrected chi connectivity index (χ4v) is 4.05. The molecule has 0 bridgehead atoms. The zero-order valence-electron chi connectivity index (χ0n) is 21.3. The second-order valence-electron chi connectivity index (χ2n) is 9.58. The van der Waals surface area contributed by atoms with Crippen molar-refractivity contribution in [2.24, 2.45) is 0 Å². The van der Waals surface area contributed by atoms with Crippen molar-refractivity contribution in [2.45, 2.75) is 70.8 Å². The van der Waals surface area contributed by atoms with Crippen LogP contribution in [0.15, 0.2) is 36.8 Å². The van der Waals surface area contributed by atoms with Gasteiger partial charge >= 0.3 is 12.3 Å². The lowest BCUT2D eigenvalue weighted by Gasteiger charge is -2.32. The first kappa shape index (κ1) is 29.9. The number of benzene rings is 1. The zero-order chi connectivity index (χ0) is 27.6. The summed E-state index contributed by atoms with van der Waals surface area (Å²) >= 11 is 0. The average molecular weight is 527 g/mol. The van der Waals surface area contributed by atoms with Gasteiger partial charge in [-0.25, -0.2) is 4.79 Å². The number of carboxylic acid groups (broad SMARTS) is 1. The number of alkyl halides is 3. The van der Waals surface area contributed by atoms with Gasteiger partial charge < -0.3 is 35.3 Å². The summed E-state index contributed by atoms with van der Waals surface area (Å²) in [7, 11) is 0. The van der Waals surface area contributed by atoms with E-state index in [1.807, 2.05) is 4.57 Å². The summed E-state index contributed by atoms with van der Waals surface area (Å²) in [6.45, 7) is 9.65. The summed E-state index contributed by atoms with van der Waals surface area (Å²) in [5.41, 5.74) is 7.76. The van der Waals surface area contributed by atoms with Gasteiger partial charge in [0.1, 0.15) is 11.8 Å². The molecule has 1 saturated heterocycles. The van der Waals surface area contributed by atoms with E-state index in [-0.39, 0.29) is 18.4 Å². The maximum absolute atomic E-state index is 12.1. The summed E-state index contributed by atoms with van der Waals surface area (Å²) in [5, 5.41) is 11.3. The Labute approximate surface area is 214 Å². The largest absolute Gasteiger partial charge is 0.573 e. The molecule has 0 spiro atoms. The predicted molar refractivity (Wildman–Crippen MR) is 133 cm³/mol. The minimum absolute atomic E-state index is 0.0383. The van der Waals surface area contributed by atoms with Crippen molar-refractivity contribution in [2.75, 3.05) is 19.6 Å². The first-order valence-electron chi connectivity index (χ1n) is 12.1. The molecule has 0 aliphatic carbocycles. The number of carbonyl (C=O) groups excluding carboxylic acids is 1. The normalized spacial score (nSPS) is 15.0. The number of rotatable bonds is 10. The van der Waals surface area contributed by atoms with E-state index in [2.05, 4.69) is 33.8 Å². The van der Waals surface area contributed by atoms with E-state index >= 15 is 0 Å². The summed E-state index contributed by atoms with van der Waals surface area (Å²) in [5.74, 6) is -1.81. The molecular weight excluding hydrogens is 491 g/mol. The van der Waals surface area contributed by atoms with E-state index in [1.54, 1.807) is 19.4 Å². The highest BCUT2D eigenvalue weighted by atomic mass is 19.4. The van der Waals surface area contributed by atoms with Crippen LogP contribution >= 0.6 is 0 Å². The number of likely N-dealkylation sites (tertiary alicyclic amines) is 1. The van der Waals surface area contributed by atoms with Crippen molar-refractivity contribution < 1.29 is 32.6 Å². The Bertz CT molecular complexity index is 1020. The number of nitrogens with zero attached hydrogens (tertiary/aromatic N) is 3. The van der Waals surface area contributed by atoms with Crippen LogP contribution in [0.1, 0.15) is 52.0 Å². The fraction of sp³-hybridized carbons (Fsp3) is 0.560. The Morgan fingerprint density at radius 2 is 1.92 bits per heavy atom. The number of aliphatic carboxylic acids is 1. The van der Waals surface area contributed by atoms with Gasteiger partial charge in [-0.3, -0.25) is 4.79 Å². The Morgan fingerprint density at radius 3 is 2.46 bits per heavy atom. The van der Waals surface area contributed by atoms with Crippen LogP contribution in [0.4, 0.5) is 19.0 Å². The van der Waals surface area contributed by atoms with Crippen LogP contribution in [0.25, 0.3) is 5.73 Å². The number of hydrogen-bond acceptors (Lipinski definition) is 5. The quantitative estimate of drug-likeness (QED) is 0.455. The molecule has 12 heteroatoms. The Morgan fingerprint density at radius 1 is 1.24 bits per heavy atom. The number of nitrogens with one attached hydrogen (secondary N) is 2. The number of hydrogen-bond donors (Lipinski definition) is 2. The Hall–Kier alpha value is -3.28. The molecule has 0 radical (unpaired) electrons. The highest BCUT2D eigenvalue weighted by Crippen LogP contribution is 2.24. The second-order valence-corrected chi connectivity index (χ2v) is 9.58. The smallest absolute Gasteiger partial charge is 0.481 e. The van der Waals surface area contributed by atoms with Crippen molar-refractivity contribution in [3.8, 4) is 5.75 Å². The number of ether oxygens (including phenoxy) is 1. The molecule has 3 rings (SSSR count). The third-order valence-corrected chi connectivity index (χ3v) is 5.80. The molecule has 1 fully saturated rings. The predicted octanol–water partition coefficient (Wildman–Crippen LogP) is 4.89. The summed E-state index contributed by atoms with van der Waals surface area (Å²) in [6, 6.07) is 3.98. The number of halogens is 3. The molecule has 1 aromatic heterocycles. The van der Waals surface area contributed by atoms with Gasteiger partial charge in [0.2, 0.25) is 5.91 Å². The van der Waals surface area contributed by atoms with Crippen molar-refractivity contribution in [3.05, 3.63) is 48.1 Å². The number of carbonyl (C=O) groups is 2. The molecule has 1 aliphatic rings. The van der Waals surface area contributed by atoms with Gasteiger partial charge in [-0.2, -0.15) is 0 Å². The van der Waals surface area contributed by atoms with Gasteiger partial charge in [0, 0.05) is 12.7 Å². The molecule has 2 heterocycles. The molecular formula is C25H35F3N5O4-. The summed E-state index contributed by atoms with van der Waals surface area (Å²) in [6.07, 6.45) is 2.02. The van der Waals surface area contributed by atoms with Crippen LogP contribution in [0.5, 0.6) is 5.75 Å². The van der Waals surface area contributed by atoms with Crippen LogP contribution in [0.2, 0.25) is 0 Å². The van der Waals surface area contributed by atoms with Crippen LogP contribution in [-0.4, -0.2) is 63.5 Å². The minimum atomic E-state index is -4.81. The molecule has 2 aromatic rings. The molecule has 0 saturated carbocycles. The molecule has 37 heavy (non-hydrogen) atoms. The highest BCUT2D eigenvalue weighted by Gasteiger charge is 2.31. The van der Waals surface area contributed by atoms with Crippen molar-refractivity contribution in [3.63, 3.8) is 0 Å². The monoisotopic (exact) mass is 526 g/mol. The molecule has 1 amide bonds. The minimum Gasteiger partial charge on any atom is -0.481 e. The van der Waals surface area contributed by atoms with Crippen LogP contribution in [0.3, 0.4) is 0 Å². The van der Waals surface area contributed by atoms with E-state index in [0.29, 0.717) is 17.8 Å². The lowest BCUT2D eigenvalue weighted by molar-refractivity contribution is -0.274. The van der Waals surface area contributed by atoms with Gasteiger partial charge in [0.15, 0.2) is 0 Å². The van der Waals surface area contributed by atoms with E-state index in [9.17, 15) is 22.8 Å². The SMILES string of the molecule is CC(C)(CN1CCCC1)n1cnc([NH-])c1.CCCC(NC(=O)Cc1cccc(OC(F)(F)F)c1)C(=O)O. The lowest BCUT2D eigenvalue weighted by atomic mass is 10.1. The van der Waals surface area contributed by atoms with E-state index in [0.717, 1.165) is 18.7 Å². The number of aromatic nitrogens is 2. The lowest BCUT2D eigenvalue weighted by Crippen LogP contribution is -2.41. The topological polar surface area (TPSA) is 120 Å². The fourth-order valence-electron chi connectivity index (χ4n) is 4.05. The standard InChI is InChI=1S/C14H16F3NO4.C11H19N4/c1-2-4-11(13(20)21)18-12(19)8-9-5-3-6-10(7-9)22-14(15,16)17;1-11(2,8-14-5-3-4-6-14)15-7-10(12)13-9-15/h3,5-7,11H,2,4,8H2,1H3,(H,18,19)(H,20,21);7,9,12H,3-6,8H2,1-2H3/q;-1. The molecule has 3 N–H and O–H groups in total. The van der Waals surface area contributed by atoms with E-state index in [4.69, 9.17) is 10.8 Å². The number of imidazole rings is 1. The van der Waals surface area contributed by atoms with Crippen LogP contribution < -0.4 is 10.1 Å². The van der Waals surface area contributed by atoms with E-state index in [1.165, 1.54) is 38.1 Å². The maximum Gasteiger partial charge on any atom is 0.573 e. The summed E-state index contributed by atoms with van der Waals surface area (Å²) < 4.78 is 42.1. The van der Waals surface area contributed by atoms with Crippen molar-refractivity contribution in [1.29, 1.82) is 0 Å². The Balaban J connectivity index is 0.000000278. The van der Waals surface area contributed by atoms with E-state index < -0.39 is 30.0 Å². The molecule has 1 unspecified atom stereocenters. The summed E-state index contributed by atoms with van der Waals surface area (Å²) in [4.78, 5) is 29.1. The number of amides is 1. The molecule has 9 nitrogen and oxygen atoms in total. The first-order valence-corrected chi connectivity index (χ1v) is 12.1.